The number of carboxylic acids is 2. The highest BCUT2D eigenvalue weighted by molar-refractivity contribution is 6.20. The molecular weight excluding hydrogens is 450 g/mol. The Kier molecular flexibility index (Phi) is 7.30. The first-order valence-corrected chi connectivity index (χ1v) is 10.0. The highest BCUT2D eigenvalue weighted by Crippen LogP contribution is 2.17. The van der Waals surface area contributed by atoms with Gasteiger partial charge >= 0.3 is 11.9 Å². The van der Waals surface area contributed by atoms with Crippen LogP contribution in [0.4, 0.5) is 5.69 Å². The summed E-state index contributed by atoms with van der Waals surface area (Å²) in [6, 6.07) is 3.05. The van der Waals surface area contributed by atoms with Crippen LogP contribution >= 0.6 is 0 Å². The lowest BCUT2D eigenvalue weighted by atomic mass is 10.1. The molecule has 14 heteroatoms. The lowest BCUT2D eigenvalue weighted by Gasteiger charge is -2.35. The zero-order chi connectivity index (χ0) is 24.8. The molecule has 0 bridgehead atoms. The van der Waals surface area contributed by atoms with E-state index >= 15 is 0 Å². The van der Waals surface area contributed by atoms with Gasteiger partial charge in [-0.1, -0.05) is 0 Å². The van der Waals surface area contributed by atoms with Gasteiger partial charge in [0.25, 0.3) is 11.8 Å². The van der Waals surface area contributed by atoms with Crippen LogP contribution in [0.2, 0.25) is 0 Å². The number of aliphatic imine (C=N–C) groups is 3. The molecule has 0 fully saturated rings. The van der Waals surface area contributed by atoms with Crippen molar-refractivity contribution < 1.29 is 34.2 Å². The summed E-state index contributed by atoms with van der Waals surface area (Å²) >= 11 is 0. The Morgan fingerprint density at radius 2 is 1.88 bits per heavy atom. The molecule has 3 rings (SSSR count). The van der Waals surface area contributed by atoms with Crippen molar-refractivity contribution in [2.45, 2.75) is 31.0 Å². The number of hydrogen-bond acceptors (Lipinski definition) is 9. The Bertz CT molecular complexity index is 1100. The molecule has 178 valence electrons. The summed E-state index contributed by atoms with van der Waals surface area (Å²) in [7, 11) is 0. The first-order valence-electron chi connectivity index (χ1n) is 10.0. The summed E-state index contributed by atoms with van der Waals surface area (Å²) < 4.78 is 0. The lowest BCUT2D eigenvalue weighted by Crippen LogP contribution is -2.57. The number of aliphatic carboxylic acids is 2. The van der Waals surface area contributed by atoms with Crippen molar-refractivity contribution in [1.29, 1.82) is 0 Å². The van der Waals surface area contributed by atoms with Crippen LogP contribution < -0.4 is 16.4 Å². The summed E-state index contributed by atoms with van der Waals surface area (Å²) in [5.74, 6) is -3.95. The van der Waals surface area contributed by atoms with Gasteiger partial charge in [-0.05, 0) is 30.7 Å². The lowest BCUT2D eigenvalue weighted by molar-refractivity contribution is -0.140. The molecule has 34 heavy (non-hydrogen) atoms. The monoisotopic (exact) mass is 471 g/mol. The van der Waals surface area contributed by atoms with Crippen LogP contribution in [0.3, 0.4) is 0 Å². The number of nitrogens with one attached hydrogen (secondary N) is 2. The summed E-state index contributed by atoms with van der Waals surface area (Å²) in [6.45, 7) is 0.181. The quantitative estimate of drug-likeness (QED) is 0.255. The van der Waals surface area contributed by atoms with Crippen LogP contribution in [0.25, 0.3) is 0 Å². The van der Waals surface area contributed by atoms with Crippen molar-refractivity contribution in [3.63, 3.8) is 0 Å². The fourth-order valence-corrected chi connectivity index (χ4v) is 3.30. The topological polar surface area (TPSA) is 216 Å². The van der Waals surface area contributed by atoms with Crippen molar-refractivity contribution in [1.82, 2.24) is 10.2 Å². The van der Waals surface area contributed by atoms with E-state index in [0.29, 0.717) is 12.1 Å². The predicted octanol–water partition coefficient (Wildman–Crippen LogP) is -1.32. The Hall–Kier alpha value is -4.62. The molecule has 6 N–H and O–H groups in total. The number of carbonyl (C=O) groups is 5. The van der Waals surface area contributed by atoms with Gasteiger partial charge in [-0.2, -0.15) is 9.98 Å². The van der Waals surface area contributed by atoms with Gasteiger partial charge in [0.05, 0.1) is 6.04 Å². The zero-order valence-electron chi connectivity index (χ0n) is 17.6. The van der Waals surface area contributed by atoms with Crippen LogP contribution in [0.15, 0.2) is 39.2 Å². The number of rotatable bonds is 10. The number of nitrogens with zero attached hydrogens (tertiary/aromatic N) is 4. The molecule has 14 nitrogen and oxygen atoms in total. The minimum absolute atomic E-state index is 0.0826. The first kappa shape index (κ1) is 24.0. The molecule has 1 aromatic carbocycles. The third-order valence-corrected chi connectivity index (χ3v) is 5.03. The Labute approximate surface area is 192 Å². The standard InChI is InChI=1S/C20H21N7O7/c21-20-25-16-15(18(32)26-20)27(9-28)12(8-23-16)7-22-11-3-1-10(2-4-11)17(31)24-13(19(33)34)5-6-14(29)30/h1-4,8-9,12-13,15,22H,5-7H2,(H,24,31)(H,29,30)(H,33,34)(H2,21,26,32). The highest BCUT2D eigenvalue weighted by Gasteiger charge is 2.39. The zero-order valence-corrected chi connectivity index (χ0v) is 17.6. The number of carbonyl (C=O) groups excluding carboxylic acids is 3. The Morgan fingerprint density at radius 1 is 1.18 bits per heavy atom. The van der Waals surface area contributed by atoms with Crippen LogP contribution in [0.5, 0.6) is 0 Å². The number of guanidine groups is 1. The molecule has 0 aliphatic carbocycles. The van der Waals surface area contributed by atoms with E-state index in [2.05, 4.69) is 25.6 Å². The fraction of sp³-hybridized carbons (Fsp3) is 0.300. The van der Waals surface area contributed by atoms with Gasteiger partial charge in [0.1, 0.15) is 6.04 Å². The Morgan fingerprint density at radius 3 is 2.50 bits per heavy atom. The van der Waals surface area contributed by atoms with E-state index in [1.54, 1.807) is 12.1 Å². The minimum atomic E-state index is -1.34. The molecule has 0 aromatic heterocycles. The van der Waals surface area contributed by atoms with Crippen molar-refractivity contribution in [2.24, 2.45) is 20.7 Å². The third-order valence-electron chi connectivity index (χ3n) is 5.03. The number of benzene rings is 1. The number of amidine groups is 1. The van der Waals surface area contributed by atoms with E-state index in [1.807, 2.05) is 0 Å². The maximum atomic E-state index is 12.3. The molecule has 2 heterocycles. The summed E-state index contributed by atoms with van der Waals surface area (Å²) in [4.78, 5) is 70.8. The molecule has 1 aromatic rings. The van der Waals surface area contributed by atoms with Gasteiger partial charge in [-0.15, -0.1) is 0 Å². The van der Waals surface area contributed by atoms with Crippen LogP contribution in [0.1, 0.15) is 23.2 Å². The average molecular weight is 471 g/mol. The molecule has 0 radical (unpaired) electrons. The van der Waals surface area contributed by atoms with Gasteiger partial charge in [-0.3, -0.25) is 19.2 Å². The number of anilines is 1. The second-order valence-corrected chi connectivity index (χ2v) is 7.33. The van der Waals surface area contributed by atoms with Crippen molar-refractivity contribution in [3.05, 3.63) is 29.8 Å². The fourth-order valence-electron chi connectivity index (χ4n) is 3.30. The highest BCUT2D eigenvalue weighted by atomic mass is 16.4. The SMILES string of the molecule is NC1=NC(=O)C2C(=N1)N=CC(CNc1ccc(C(=O)NC(CCC(=O)O)C(=O)O)cc1)N2C=O. The molecule has 2 aliphatic rings. The van der Waals surface area contributed by atoms with Crippen molar-refractivity contribution in [2.75, 3.05) is 11.9 Å². The van der Waals surface area contributed by atoms with E-state index in [4.69, 9.17) is 15.9 Å². The first-order chi connectivity index (χ1) is 16.2. The van der Waals surface area contributed by atoms with Gasteiger partial charge in [0.15, 0.2) is 11.9 Å². The number of carboxylic acid groups (broad SMARTS) is 2. The van der Waals surface area contributed by atoms with Gasteiger partial charge < -0.3 is 31.5 Å². The maximum Gasteiger partial charge on any atom is 0.326 e. The summed E-state index contributed by atoms with van der Waals surface area (Å²) in [5.41, 5.74) is 6.21. The van der Waals surface area contributed by atoms with Crippen molar-refractivity contribution >= 4 is 53.9 Å². The summed E-state index contributed by atoms with van der Waals surface area (Å²) in [6.07, 6.45) is 1.30. The molecule has 0 spiro atoms. The number of amides is 3. The van der Waals surface area contributed by atoms with Crippen LogP contribution in [0, 0.1) is 0 Å². The smallest absolute Gasteiger partial charge is 0.326 e. The average Bonchev–Trinajstić information content (AvgIpc) is 2.79. The number of hydrogen-bond donors (Lipinski definition) is 5. The maximum absolute atomic E-state index is 12.3. The van der Waals surface area contributed by atoms with Crippen molar-refractivity contribution in [3.8, 4) is 0 Å². The Balaban J connectivity index is 1.61. The third kappa shape index (κ3) is 5.59. The molecule has 0 saturated carbocycles. The number of nitrogens with two attached hydrogens (primary N) is 1. The van der Waals surface area contributed by atoms with Crippen LogP contribution in [-0.4, -0.2) is 88.0 Å². The largest absolute Gasteiger partial charge is 0.481 e. The minimum Gasteiger partial charge on any atom is -0.481 e. The predicted molar refractivity (Wildman–Crippen MR) is 119 cm³/mol. The van der Waals surface area contributed by atoms with Gasteiger partial charge in [-0.25, -0.2) is 9.79 Å². The van der Waals surface area contributed by atoms with Gasteiger partial charge in [0, 0.05) is 30.4 Å². The molecule has 3 atom stereocenters. The van der Waals surface area contributed by atoms with E-state index in [9.17, 15) is 24.0 Å². The van der Waals surface area contributed by atoms with E-state index in [0.717, 1.165) is 0 Å². The number of fused-ring (bicyclic) bond motifs is 1. The van der Waals surface area contributed by atoms with E-state index in [-0.39, 0.29) is 30.3 Å². The molecule has 2 aliphatic heterocycles. The molecule has 3 unspecified atom stereocenters. The summed E-state index contributed by atoms with van der Waals surface area (Å²) in [5, 5.41) is 23.2. The van der Waals surface area contributed by atoms with Gasteiger partial charge in [0.2, 0.25) is 12.4 Å². The molecule has 0 saturated heterocycles. The van der Waals surface area contributed by atoms with E-state index in [1.165, 1.54) is 23.2 Å². The molecular formula is C20H21N7O7. The second-order valence-electron chi connectivity index (χ2n) is 7.33. The second kappa shape index (κ2) is 10.3. The van der Waals surface area contributed by atoms with Crippen LogP contribution in [-0.2, 0) is 19.2 Å². The molecule has 3 amide bonds. The van der Waals surface area contributed by atoms with E-state index < -0.39 is 48.3 Å². The normalized spacial score (nSPS) is 19.9.